The molecule has 0 bridgehead atoms. The molecule has 0 aromatic heterocycles. The molecule has 0 aliphatic carbocycles. The van der Waals surface area contributed by atoms with Crippen LogP contribution in [0.15, 0.2) is 18.2 Å². The van der Waals surface area contributed by atoms with E-state index in [4.69, 9.17) is 17.3 Å². The van der Waals surface area contributed by atoms with Crippen LogP contribution in [0.2, 0.25) is 5.02 Å². The van der Waals surface area contributed by atoms with Crippen molar-refractivity contribution in [2.24, 2.45) is 5.73 Å². The van der Waals surface area contributed by atoms with E-state index in [0.717, 1.165) is 0 Å². The smallest absolute Gasteiger partial charge is 0.251 e. The zero-order chi connectivity index (χ0) is 13.5. The summed E-state index contributed by atoms with van der Waals surface area (Å²) in [5.41, 5.74) is 5.37. The van der Waals surface area contributed by atoms with Crippen molar-refractivity contribution in [1.82, 2.24) is 5.32 Å². The number of halogens is 1. The maximum Gasteiger partial charge on any atom is 0.251 e. The average Bonchev–Trinajstić information content (AvgIpc) is 2.31. The van der Waals surface area contributed by atoms with Gasteiger partial charge in [0.15, 0.2) is 0 Å². The van der Waals surface area contributed by atoms with Crippen LogP contribution >= 0.6 is 11.6 Å². The second kappa shape index (κ2) is 6.86. The van der Waals surface area contributed by atoms with Gasteiger partial charge in [-0.1, -0.05) is 11.6 Å². The highest BCUT2D eigenvalue weighted by Gasteiger charge is 2.07. The first-order chi connectivity index (χ1) is 8.50. The van der Waals surface area contributed by atoms with Gasteiger partial charge in [-0.25, -0.2) is 0 Å². The molecule has 0 unspecified atom stereocenters. The Morgan fingerprint density at radius 3 is 2.67 bits per heavy atom. The molecule has 98 valence electrons. The van der Waals surface area contributed by atoms with Crippen molar-refractivity contribution in [1.29, 1.82) is 0 Å². The van der Waals surface area contributed by atoms with Gasteiger partial charge in [-0.05, 0) is 31.0 Å². The van der Waals surface area contributed by atoms with E-state index in [1.54, 1.807) is 0 Å². The molecular formula is C12H15ClN2O3. The van der Waals surface area contributed by atoms with Crippen LogP contribution in [0.25, 0.3) is 0 Å². The van der Waals surface area contributed by atoms with Crippen LogP contribution in [0.5, 0.6) is 5.75 Å². The summed E-state index contributed by atoms with van der Waals surface area (Å²) in [5.74, 6) is -0.669. The first-order valence-corrected chi connectivity index (χ1v) is 5.93. The first kappa shape index (κ1) is 14.3. The predicted octanol–water partition coefficient (Wildman–Crippen LogP) is 1.43. The molecule has 18 heavy (non-hydrogen) atoms. The number of unbranched alkanes of at least 4 members (excludes halogenated alkanes) is 1. The highest BCUT2D eigenvalue weighted by Crippen LogP contribution is 2.23. The zero-order valence-electron chi connectivity index (χ0n) is 9.78. The number of carbonyl (C=O) groups is 2. The van der Waals surface area contributed by atoms with Gasteiger partial charge in [-0.2, -0.15) is 0 Å². The maximum absolute atomic E-state index is 11.7. The van der Waals surface area contributed by atoms with Gasteiger partial charge in [-0.15, -0.1) is 0 Å². The lowest BCUT2D eigenvalue weighted by atomic mass is 10.2. The monoisotopic (exact) mass is 270 g/mol. The Balaban J connectivity index is 2.36. The van der Waals surface area contributed by atoms with Crippen LogP contribution in [0.1, 0.15) is 29.6 Å². The molecular weight excluding hydrogens is 256 g/mol. The first-order valence-electron chi connectivity index (χ1n) is 5.55. The van der Waals surface area contributed by atoms with Gasteiger partial charge in [0.05, 0.1) is 5.02 Å². The Kier molecular flexibility index (Phi) is 5.45. The second-order valence-corrected chi connectivity index (χ2v) is 4.25. The van der Waals surface area contributed by atoms with E-state index in [0.29, 0.717) is 31.4 Å². The van der Waals surface area contributed by atoms with Crippen molar-refractivity contribution in [3.05, 3.63) is 28.8 Å². The second-order valence-electron chi connectivity index (χ2n) is 3.85. The molecule has 1 rings (SSSR count). The van der Waals surface area contributed by atoms with E-state index < -0.39 is 0 Å². The Bertz CT molecular complexity index is 449. The van der Waals surface area contributed by atoms with Gasteiger partial charge in [0.25, 0.3) is 5.91 Å². The molecule has 0 saturated carbocycles. The Morgan fingerprint density at radius 1 is 1.33 bits per heavy atom. The number of amides is 2. The SMILES string of the molecule is NC(=O)CCCCNC(=O)c1ccc(O)c(Cl)c1. The molecule has 4 N–H and O–H groups in total. The molecule has 0 radical (unpaired) electrons. The summed E-state index contributed by atoms with van der Waals surface area (Å²) < 4.78 is 0. The Labute approximate surface area is 110 Å². The molecule has 1 aromatic carbocycles. The number of nitrogens with two attached hydrogens (primary N) is 1. The van der Waals surface area contributed by atoms with Crippen LogP contribution in [0, 0.1) is 0 Å². The number of hydrogen-bond donors (Lipinski definition) is 3. The minimum absolute atomic E-state index is 0.0605. The molecule has 0 atom stereocenters. The minimum Gasteiger partial charge on any atom is -0.506 e. The molecule has 1 aromatic rings. The largest absolute Gasteiger partial charge is 0.506 e. The number of benzene rings is 1. The predicted molar refractivity (Wildman–Crippen MR) is 68.5 cm³/mol. The molecule has 0 aliphatic heterocycles. The van der Waals surface area contributed by atoms with Crippen LogP contribution in [0.3, 0.4) is 0 Å². The number of phenolic OH excluding ortho intramolecular Hbond substituents is 1. The van der Waals surface area contributed by atoms with Crippen molar-refractivity contribution in [2.45, 2.75) is 19.3 Å². The Hall–Kier alpha value is -1.75. The number of hydrogen-bond acceptors (Lipinski definition) is 3. The van der Waals surface area contributed by atoms with Crippen molar-refractivity contribution in [2.75, 3.05) is 6.54 Å². The fourth-order valence-corrected chi connectivity index (χ4v) is 1.56. The number of carbonyl (C=O) groups excluding carboxylic acids is 2. The fourth-order valence-electron chi connectivity index (χ4n) is 1.38. The van der Waals surface area contributed by atoms with Crippen molar-refractivity contribution >= 4 is 23.4 Å². The summed E-state index contributed by atoms with van der Waals surface area (Å²) in [6.07, 6.45) is 1.65. The van der Waals surface area contributed by atoms with Crippen LogP contribution in [-0.4, -0.2) is 23.5 Å². The quantitative estimate of drug-likeness (QED) is 0.683. The molecule has 5 nitrogen and oxygen atoms in total. The number of primary amides is 1. The summed E-state index contributed by atoms with van der Waals surface area (Å²) in [6.45, 7) is 0.463. The van der Waals surface area contributed by atoms with Crippen LogP contribution < -0.4 is 11.1 Å². The molecule has 0 heterocycles. The van der Waals surface area contributed by atoms with Crippen molar-refractivity contribution in [3.8, 4) is 5.75 Å². The van der Waals surface area contributed by atoms with E-state index in [1.807, 2.05) is 0 Å². The molecule has 0 spiro atoms. The van der Waals surface area contributed by atoms with Gasteiger partial charge in [0.1, 0.15) is 5.75 Å². The van der Waals surface area contributed by atoms with E-state index in [2.05, 4.69) is 5.32 Å². The molecule has 6 heteroatoms. The third-order valence-electron chi connectivity index (χ3n) is 2.35. The number of rotatable bonds is 6. The standard InChI is InChI=1S/C12H15ClN2O3/c13-9-7-8(4-5-10(9)16)12(18)15-6-2-1-3-11(14)17/h4-5,7,16H,1-3,6H2,(H2,14,17)(H,15,18). The molecule has 0 saturated heterocycles. The van der Waals surface area contributed by atoms with Gasteiger partial charge in [-0.3, -0.25) is 9.59 Å². The normalized spacial score (nSPS) is 10.1. The van der Waals surface area contributed by atoms with E-state index in [9.17, 15) is 14.7 Å². The molecule has 0 aliphatic rings. The molecule has 0 fully saturated rings. The zero-order valence-corrected chi connectivity index (χ0v) is 10.5. The van der Waals surface area contributed by atoms with Gasteiger partial charge in [0, 0.05) is 18.5 Å². The number of nitrogens with one attached hydrogen (secondary N) is 1. The molecule has 2 amide bonds. The highest BCUT2D eigenvalue weighted by molar-refractivity contribution is 6.32. The van der Waals surface area contributed by atoms with Crippen LogP contribution in [0.4, 0.5) is 0 Å². The number of aromatic hydroxyl groups is 1. The summed E-state index contributed by atoms with van der Waals surface area (Å²) in [7, 11) is 0. The minimum atomic E-state index is -0.341. The van der Waals surface area contributed by atoms with Gasteiger partial charge >= 0.3 is 0 Å². The lowest BCUT2D eigenvalue weighted by Gasteiger charge is -2.05. The number of phenols is 1. The third-order valence-corrected chi connectivity index (χ3v) is 2.65. The van der Waals surface area contributed by atoms with E-state index in [-0.39, 0.29) is 22.6 Å². The lowest BCUT2D eigenvalue weighted by molar-refractivity contribution is -0.118. The van der Waals surface area contributed by atoms with Crippen molar-refractivity contribution in [3.63, 3.8) is 0 Å². The van der Waals surface area contributed by atoms with Gasteiger partial charge < -0.3 is 16.2 Å². The third kappa shape index (κ3) is 4.63. The van der Waals surface area contributed by atoms with Crippen LogP contribution in [-0.2, 0) is 4.79 Å². The maximum atomic E-state index is 11.7. The van der Waals surface area contributed by atoms with Gasteiger partial charge in [0.2, 0.25) is 5.91 Å². The van der Waals surface area contributed by atoms with E-state index >= 15 is 0 Å². The Morgan fingerprint density at radius 2 is 2.06 bits per heavy atom. The van der Waals surface area contributed by atoms with Crippen molar-refractivity contribution < 1.29 is 14.7 Å². The summed E-state index contributed by atoms with van der Waals surface area (Å²) in [6, 6.07) is 4.25. The lowest BCUT2D eigenvalue weighted by Crippen LogP contribution is -2.24. The highest BCUT2D eigenvalue weighted by atomic mass is 35.5. The summed E-state index contributed by atoms with van der Waals surface area (Å²) >= 11 is 5.70. The van der Waals surface area contributed by atoms with E-state index in [1.165, 1.54) is 18.2 Å². The fraction of sp³-hybridized carbons (Fsp3) is 0.333. The topological polar surface area (TPSA) is 92.4 Å². The summed E-state index contributed by atoms with van der Waals surface area (Å²) in [4.78, 5) is 22.1. The average molecular weight is 271 g/mol. The summed E-state index contributed by atoms with van der Waals surface area (Å²) in [5, 5.41) is 12.0.